The molecule has 1 aromatic carbocycles. The molecule has 0 aliphatic heterocycles. The minimum absolute atomic E-state index is 0.0783. The van der Waals surface area contributed by atoms with E-state index in [1.807, 2.05) is 51.5 Å². The van der Waals surface area contributed by atoms with Crippen molar-refractivity contribution in [1.82, 2.24) is 20.5 Å². The number of carbonyl (C=O) groups excluding carboxylic acids is 2. The van der Waals surface area contributed by atoms with Crippen molar-refractivity contribution in [2.24, 2.45) is 5.92 Å². The van der Waals surface area contributed by atoms with Crippen molar-refractivity contribution in [3.8, 4) is 0 Å². The Morgan fingerprint density at radius 3 is 2.59 bits per heavy atom. The first-order chi connectivity index (χ1) is 15.4. The minimum atomic E-state index is -0.0783. The van der Waals surface area contributed by atoms with Gasteiger partial charge in [-0.3, -0.25) is 14.6 Å². The third kappa shape index (κ3) is 6.89. The van der Waals surface area contributed by atoms with Gasteiger partial charge >= 0.3 is 0 Å². The van der Waals surface area contributed by atoms with Gasteiger partial charge in [0, 0.05) is 44.0 Å². The predicted octanol–water partition coefficient (Wildman–Crippen LogP) is 3.31. The second-order valence-electron chi connectivity index (χ2n) is 9.21. The molecule has 2 unspecified atom stereocenters. The summed E-state index contributed by atoms with van der Waals surface area (Å²) in [5, 5.41) is 5.84. The van der Waals surface area contributed by atoms with E-state index < -0.39 is 0 Å². The molecular weight excluding hydrogens is 400 g/mol. The molecule has 3 rings (SSSR count). The Bertz CT molecular complexity index is 909. The molecule has 0 radical (unpaired) electrons. The maximum Gasteiger partial charge on any atom is 0.251 e. The molecule has 2 atom stereocenters. The van der Waals surface area contributed by atoms with Crippen LogP contribution in [0.3, 0.4) is 0 Å². The summed E-state index contributed by atoms with van der Waals surface area (Å²) >= 11 is 0. The first-order valence-corrected chi connectivity index (χ1v) is 11.5. The average molecular weight is 437 g/mol. The highest BCUT2D eigenvalue weighted by atomic mass is 16.2. The van der Waals surface area contributed by atoms with Gasteiger partial charge in [0.1, 0.15) is 0 Å². The number of nitrogens with one attached hydrogen (secondary N) is 2. The monoisotopic (exact) mass is 436 g/mol. The SMILES string of the molecule is CNC(=O)c1ccc(CC(CNC(=O)CC(CC2CC2)c2cccnc2)N(C)C)c(C)c1. The van der Waals surface area contributed by atoms with Gasteiger partial charge in [-0.1, -0.05) is 25.0 Å². The molecular formula is C26H36N4O2. The van der Waals surface area contributed by atoms with Crippen molar-refractivity contribution in [3.63, 3.8) is 0 Å². The Morgan fingerprint density at radius 1 is 1.22 bits per heavy atom. The number of hydrogen-bond donors (Lipinski definition) is 2. The smallest absolute Gasteiger partial charge is 0.251 e. The molecule has 0 bridgehead atoms. The molecule has 6 nitrogen and oxygen atoms in total. The van der Waals surface area contributed by atoms with Gasteiger partial charge < -0.3 is 15.5 Å². The van der Waals surface area contributed by atoms with Crippen LogP contribution >= 0.6 is 0 Å². The number of pyridine rings is 1. The number of nitrogens with zero attached hydrogens (tertiary/aromatic N) is 2. The summed E-state index contributed by atoms with van der Waals surface area (Å²) in [6.45, 7) is 2.62. The summed E-state index contributed by atoms with van der Waals surface area (Å²) < 4.78 is 0. The number of carbonyl (C=O) groups is 2. The molecule has 2 N–H and O–H groups in total. The Hall–Kier alpha value is -2.73. The third-order valence-corrected chi connectivity index (χ3v) is 6.45. The molecule has 172 valence electrons. The second kappa shape index (κ2) is 11.2. The topological polar surface area (TPSA) is 74.3 Å². The van der Waals surface area contributed by atoms with E-state index in [0.717, 1.165) is 29.9 Å². The number of benzene rings is 1. The number of amides is 2. The highest BCUT2D eigenvalue weighted by Crippen LogP contribution is 2.39. The van der Waals surface area contributed by atoms with E-state index >= 15 is 0 Å². The van der Waals surface area contributed by atoms with Crippen molar-refractivity contribution in [3.05, 3.63) is 65.0 Å². The van der Waals surface area contributed by atoms with E-state index in [1.165, 1.54) is 18.4 Å². The molecule has 1 heterocycles. The fourth-order valence-electron chi connectivity index (χ4n) is 4.14. The van der Waals surface area contributed by atoms with Crippen LogP contribution in [0.15, 0.2) is 42.7 Å². The first kappa shape index (κ1) is 23.9. The lowest BCUT2D eigenvalue weighted by Crippen LogP contribution is -2.42. The van der Waals surface area contributed by atoms with Gasteiger partial charge in [-0.05, 0) is 80.6 Å². The fourth-order valence-corrected chi connectivity index (χ4v) is 4.14. The normalized spacial score (nSPS) is 15.3. The van der Waals surface area contributed by atoms with Crippen LogP contribution in [0.1, 0.15) is 58.6 Å². The quantitative estimate of drug-likeness (QED) is 0.567. The fraction of sp³-hybridized carbons (Fsp3) is 0.500. The molecule has 0 spiro atoms. The Morgan fingerprint density at radius 2 is 2.00 bits per heavy atom. The number of rotatable bonds is 11. The van der Waals surface area contributed by atoms with Gasteiger partial charge in [-0.25, -0.2) is 0 Å². The summed E-state index contributed by atoms with van der Waals surface area (Å²) in [6, 6.07) is 10.0. The van der Waals surface area contributed by atoms with Crippen molar-refractivity contribution < 1.29 is 9.59 Å². The molecule has 2 aromatic rings. The van der Waals surface area contributed by atoms with E-state index in [1.54, 1.807) is 13.2 Å². The third-order valence-electron chi connectivity index (χ3n) is 6.45. The first-order valence-electron chi connectivity index (χ1n) is 11.5. The van der Waals surface area contributed by atoms with Crippen LogP contribution in [0.25, 0.3) is 0 Å². The summed E-state index contributed by atoms with van der Waals surface area (Å²) in [5.74, 6) is 1.00. The molecule has 32 heavy (non-hydrogen) atoms. The number of likely N-dealkylation sites (N-methyl/N-ethyl adjacent to an activating group) is 1. The van der Waals surface area contributed by atoms with Crippen molar-refractivity contribution in [2.75, 3.05) is 27.7 Å². The zero-order valence-corrected chi connectivity index (χ0v) is 19.7. The number of hydrogen-bond acceptors (Lipinski definition) is 4. The van der Waals surface area contributed by atoms with Crippen LogP contribution < -0.4 is 10.6 Å². The van der Waals surface area contributed by atoms with Crippen molar-refractivity contribution in [1.29, 1.82) is 0 Å². The average Bonchev–Trinajstić information content (AvgIpc) is 3.61. The Labute approximate surface area is 191 Å². The summed E-state index contributed by atoms with van der Waals surface area (Å²) in [7, 11) is 5.72. The minimum Gasteiger partial charge on any atom is -0.355 e. The Balaban J connectivity index is 1.59. The largest absolute Gasteiger partial charge is 0.355 e. The molecule has 1 aliphatic carbocycles. The number of aryl methyl sites for hydroxylation is 1. The lowest BCUT2D eigenvalue weighted by Gasteiger charge is -2.26. The van der Waals surface area contributed by atoms with E-state index in [9.17, 15) is 9.59 Å². The maximum atomic E-state index is 12.8. The van der Waals surface area contributed by atoms with Gasteiger partial charge in [0.2, 0.25) is 5.91 Å². The zero-order chi connectivity index (χ0) is 23.1. The molecule has 6 heteroatoms. The number of aromatic nitrogens is 1. The van der Waals surface area contributed by atoms with E-state index in [-0.39, 0.29) is 23.8 Å². The van der Waals surface area contributed by atoms with Crippen LogP contribution in [0, 0.1) is 12.8 Å². The summed E-state index contributed by atoms with van der Waals surface area (Å²) in [4.78, 5) is 31.1. The lowest BCUT2D eigenvalue weighted by atomic mass is 9.91. The molecule has 2 amide bonds. The van der Waals surface area contributed by atoms with E-state index in [0.29, 0.717) is 18.5 Å². The van der Waals surface area contributed by atoms with Gasteiger partial charge in [-0.15, -0.1) is 0 Å². The summed E-state index contributed by atoms with van der Waals surface area (Å²) in [6.07, 6.45) is 8.60. The van der Waals surface area contributed by atoms with Crippen LogP contribution in [0.5, 0.6) is 0 Å². The molecule has 1 aliphatic rings. The molecule has 1 aromatic heterocycles. The lowest BCUT2D eigenvalue weighted by molar-refractivity contribution is -0.121. The highest BCUT2D eigenvalue weighted by Gasteiger charge is 2.28. The van der Waals surface area contributed by atoms with Crippen molar-refractivity contribution in [2.45, 2.75) is 51.0 Å². The standard InChI is InChI=1S/C26H36N4O2/c1-18-12-21(26(32)27-2)10-9-20(18)14-24(30(3)4)17-29-25(31)15-23(13-19-7-8-19)22-6-5-11-28-16-22/h5-6,9-12,16,19,23-24H,7-8,13-15,17H2,1-4H3,(H,27,32)(H,29,31). The second-order valence-corrected chi connectivity index (χ2v) is 9.21. The molecule has 0 saturated heterocycles. The predicted molar refractivity (Wildman–Crippen MR) is 128 cm³/mol. The van der Waals surface area contributed by atoms with Gasteiger partial charge in [0.25, 0.3) is 5.91 Å². The van der Waals surface area contributed by atoms with Gasteiger partial charge in [0.15, 0.2) is 0 Å². The van der Waals surface area contributed by atoms with Crippen LogP contribution in [0.2, 0.25) is 0 Å². The van der Waals surface area contributed by atoms with Crippen LogP contribution in [-0.4, -0.2) is 55.4 Å². The van der Waals surface area contributed by atoms with Gasteiger partial charge in [0.05, 0.1) is 0 Å². The van der Waals surface area contributed by atoms with E-state index in [4.69, 9.17) is 0 Å². The van der Waals surface area contributed by atoms with Crippen LogP contribution in [-0.2, 0) is 11.2 Å². The van der Waals surface area contributed by atoms with Gasteiger partial charge in [-0.2, -0.15) is 0 Å². The van der Waals surface area contributed by atoms with Crippen molar-refractivity contribution >= 4 is 11.8 Å². The van der Waals surface area contributed by atoms with Crippen LogP contribution in [0.4, 0.5) is 0 Å². The van der Waals surface area contributed by atoms with E-state index in [2.05, 4.69) is 26.6 Å². The maximum absolute atomic E-state index is 12.8. The molecule has 1 fully saturated rings. The zero-order valence-electron chi connectivity index (χ0n) is 19.7. The Kier molecular flexibility index (Phi) is 8.39. The molecule has 1 saturated carbocycles. The highest BCUT2D eigenvalue weighted by molar-refractivity contribution is 5.94. The summed E-state index contributed by atoms with van der Waals surface area (Å²) in [5.41, 5.74) is 4.10.